The predicted molar refractivity (Wildman–Crippen MR) is 154 cm³/mol. The maximum absolute atomic E-state index is 16.9. The van der Waals surface area contributed by atoms with Crippen LogP contribution in [0.15, 0.2) is 48.5 Å². The van der Waals surface area contributed by atoms with Gasteiger partial charge in [0.1, 0.15) is 23.2 Å². The number of anilines is 2. The van der Waals surface area contributed by atoms with Gasteiger partial charge in [0.25, 0.3) is 0 Å². The first-order chi connectivity index (χ1) is 18.9. The number of aromatic nitrogens is 1. The number of halogens is 1. The molecule has 0 radical (unpaired) electrons. The third-order valence-corrected chi connectivity index (χ3v) is 8.81. The SMILES string of the molecule is [C-]#[N+]c1c(N2CC(N(C)C)C2)nc(N2C3CCC2CNC3)c2ccc(-c3cc(O)cc4ccccc34)c(F)c12. The standard InChI is InChI=1S/C31H31FN6O/c1-33-29-27-25(11-10-24(28(27)32)26-13-22(39)12-18-6-4-5-7-23(18)26)30(38-19-8-9-20(38)15-34-14-19)35-31(29)37-16-21(17-37)36(2)3/h4-7,10-13,19-21,34,39H,8-9,14-17H2,2-3H3. The number of hydrogen-bond donors (Lipinski definition) is 2. The van der Waals surface area contributed by atoms with Gasteiger partial charge in [0, 0.05) is 60.6 Å². The Morgan fingerprint density at radius 1 is 1.00 bits per heavy atom. The van der Waals surface area contributed by atoms with Gasteiger partial charge >= 0.3 is 0 Å². The van der Waals surface area contributed by atoms with Crippen LogP contribution in [-0.4, -0.2) is 73.4 Å². The lowest BCUT2D eigenvalue weighted by Crippen LogP contribution is -2.58. The summed E-state index contributed by atoms with van der Waals surface area (Å²) in [4.78, 5) is 15.7. The molecule has 3 aromatic carbocycles. The maximum atomic E-state index is 16.9. The highest BCUT2D eigenvalue weighted by atomic mass is 19.1. The van der Waals surface area contributed by atoms with Crippen molar-refractivity contribution in [3.8, 4) is 16.9 Å². The van der Waals surface area contributed by atoms with Gasteiger partial charge in [0.05, 0.1) is 6.57 Å². The first kappa shape index (κ1) is 24.1. The third kappa shape index (κ3) is 3.72. The minimum absolute atomic E-state index is 0.0809. The zero-order chi connectivity index (χ0) is 26.8. The highest BCUT2D eigenvalue weighted by molar-refractivity contribution is 6.09. The highest BCUT2D eigenvalue weighted by Crippen LogP contribution is 2.47. The molecular formula is C31H31FN6O. The number of nitrogens with zero attached hydrogens (tertiary/aromatic N) is 5. The Morgan fingerprint density at radius 2 is 1.74 bits per heavy atom. The van der Waals surface area contributed by atoms with Crippen LogP contribution in [0, 0.1) is 12.4 Å². The number of benzene rings is 3. The lowest BCUT2D eigenvalue weighted by atomic mass is 9.94. The molecule has 0 spiro atoms. The Hall–Kier alpha value is -3.93. The first-order valence-corrected chi connectivity index (χ1v) is 13.6. The van der Waals surface area contributed by atoms with E-state index < -0.39 is 5.82 Å². The molecule has 2 atom stereocenters. The summed E-state index contributed by atoms with van der Waals surface area (Å²) in [6, 6.07) is 15.6. The fraction of sp³-hybridized carbons (Fsp3) is 0.355. The lowest BCUT2D eigenvalue weighted by Gasteiger charge is -2.45. The van der Waals surface area contributed by atoms with Gasteiger partial charge in [-0.25, -0.2) is 14.2 Å². The molecule has 2 bridgehead atoms. The largest absolute Gasteiger partial charge is 0.508 e. The van der Waals surface area contributed by atoms with Crippen molar-refractivity contribution in [3.05, 3.63) is 65.8 Å². The van der Waals surface area contributed by atoms with E-state index in [1.807, 2.05) is 30.3 Å². The van der Waals surface area contributed by atoms with Crippen LogP contribution in [0.5, 0.6) is 5.75 Å². The summed E-state index contributed by atoms with van der Waals surface area (Å²) in [6.07, 6.45) is 2.14. The molecular weight excluding hydrogens is 491 g/mol. The molecule has 7 rings (SSSR count). The molecule has 7 nitrogen and oxygen atoms in total. The molecule has 4 aromatic rings. The lowest BCUT2D eigenvalue weighted by molar-refractivity contribution is 0.246. The number of piperazine rings is 1. The Labute approximate surface area is 227 Å². The van der Waals surface area contributed by atoms with E-state index in [1.165, 1.54) is 0 Å². The van der Waals surface area contributed by atoms with Crippen LogP contribution in [0.25, 0.3) is 37.5 Å². The van der Waals surface area contributed by atoms with Crippen molar-refractivity contribution >= 4 is 38.9 Å². The second kappa shape index (κ2) is 9.08. The molecule has 3 aliphatic heterocycles. The number of likely N-dealkylation sites (N-methyl/N-ethyl adjacent to an activating group) is 1. The fourth-order valence-corrected chi connectivity index (χ4v) is 6.65. The van der Waals surface area contributed by atoms with E-state index in [2.05, 4.69) is 39.0 Å². The predicted octanol–water partition coefficient (Wildman–Crippen LogP) is 5.14. The van der Waals surface area contributed by atoms with Crippen molar-refractivity contribution in [2.24, 2.45) is 0 Å². The van der Waals surface area contributed by atoms with Gasteiger partial charge in [0.15, 0.2) is 0 Å². The van der Waals surface area contributed by atoms with Gasteiger partial charge in [-0.05, 0) is 55.4 Å². The van der Waals surface area contributed by atoms with Crippen LogP contribution in [0.3, 0.4) is 0 Å². The van der Waals surface area contributed by atoms with Crippen molar-refractivity contribution in [2.45, 2.75) is 31.0 Å². The van der Waals surface area contributed by atoms with E-state index in [4.69, 9.17) is 11.6 Å². The molecule has 3 saturated heterocycles. The van der Waals surface area contributed by atoms with E-state index in [0.717, 1.165) is 55.6 Å². The van der Waals surface area contributed by atoms with E-state index in [1.54, 1.807) is 18.2 Å². The number of phenols is 1. The third-order valence-electron chi connectivity index (χ3n) is 8.81. The molecule has 0 saturated carbocycles. The quantitative estimate of drug-likeness (QED) is 0.362. The molecule has 0 amide bonds. The van der Waals surface area contributed by atoms with E-state index in [0.29, 0.717) is 45.8 Å². The van der Waals surface area contributed by atoms with Gasteiger partial charge in [-0.2, -0.15) is 0 Å². The summed E-state index contributed by atoms with van der Waals surface area (Å²) in [7, 11) is 4.11. The van der Waals surface area contributed by atoms with Gasteiger partial charge < -0.3 is 25.1 Å². The van der Waals surface area contributed by atoms with Crippen LogP contribution >= 0.6 is 0 Å². The fourth-order valence-electron chi connectivity index (χ4n) is 6.65. The van der Waals surface area contributed by atoms with Crippen LogP contribution in [-0.2, 0) is 0 Å². The molecule has 3 fully saturated rings. The van der Waals surface area contributed by atoms with Crippen LogP contribution in [0.4, 0.5) is 21.7 Å². The number of hydrogen-bond acceptors (Lipinski definition) is 6. The number of pyridine rings is 1. The molecule has 0 aliphatic carbocycles. The number of phenolic OH excluding ortho intramolecular Hbond substituents is 1. The average Bonchev–Trinajstić information content (AvgIpc) is 3.14. The molecule has 39 heavy (non-hydrogen) atoms. The van der Waals surface area contributed by atoms with Crippen LogP contribution < -0.4 is 15.1 Å². The van der Waals surface area contributed by atoms with Crippen molar-refractivity contribution in [1.82, 2.24) is 15.2 Å². The van der Waals surface area contributed by atoms with Gasteiger partial charge in [-0.3, -0.25) is 0 Å². The zero-order valence-corrected chi connectivity index (χ0v) is 22.2. The van der Waals surface area contributed by atoms with E-state index in [9.17, 15) is 5.11 Å². The summed E-state index contributed by atoms with van der Waals surface area (Å²) >= 11 is 0. The summed E-state index contributed by atoms with van der Waals surface area (Å²) in [5.74, 6) is 0.991. The Bertz CT molecular complexity index is 1640. The van der Waals surface area contributed by atoms with Crippen molar-refractivity contribution in [3.63, 3.8) is 0 Å². The molecule has 198 valence electrons. The second-order valence-electron chi connectivity index (χ2n) is 11.3. The van der Waals surface area contributed by atoms with Crippen molar-refractivity contribution in [1.29, 1.82) is 0 Å². The summed E-state index contributed by atoms with van der Waals surface area (Å²) in [6.45, 7) is 11.4. The number of aromatic hydroxyl groups is 1. The normalized spacial score (nSPS) is 21.1. The average molecular weight is 523 g/mol. The molecule has 2 unspecified atom stereocenters. The number of rotatable bonds is 4. The monoisotopic (exact) mass is 522 g/mol. The molecule has 3 aliphatic rings. The number of fused-ring (bicyclic) bond motifs is 4. The minimum Gasteiger partial charge on any atom is -0.508 e. The topological polar surface area (TPSA) is 59.2 Å². The summed E-state index contributed by atoms with van der Waals surface area (Å²) in [5, 5.41) is 16.7. The molecule has 4 heterocycles. The Kier molecular flexibility index (Phi) is 5.62. The highest BCUT2D eigenvalue weighted by Gasteiger charge is 2.40. The van der Waals surface area contributed by atoms with Gasteiger partial charge in [0.2, 0.25) is 5.69 Å². The van der Waals surface area contributed by atoms with Crippen molar-refractivity contribution in [2.75, 3.05) is 50.1 Å². The van der Waals surface area contributed by atoms with Gasteiger partial charge in [-0.15, -0.1) is 0 Å². The summed E-state index contributed by atoms with van der Waals surface area (Å²) < 4.78 is 16.9. The van der Waals surface area contributed by atoms with Crippen LogP contribution in [0.2, 0.25) is 0 Å². The second-order valence-corrected chi connectivity index (χ2v) is 11.3. The Morgan fingerprint density at radius 3 is 2.46 bits per heavy atom. The van der Waals surface area contributed by atoms with Crippen molar-refractivity contribution < 1.29 is 9.50 Å². The maximum Gasteiger partial charge on any atom is 0.239 e. The minimum atomic E-state index is -0.439. The number of nitrogens with one attached hydrogen (secondary N) is 1. The first-order valence-electron chi connectivity index (χ1n) is 13.6. The van der Waals surface area contributed by atoms with Crippen LogP contribution in [0.1, 0.15) is 12.8 Å². The molecule has 8 heteroatoms. The smallest absolute Gasteiger partial charge is 0.239 e. The van der Waals surface area contributed by atoms with E-state index in [-0.39, 0.29) is 11.4 Å². The zero-order valence-electron chi connectivity index (χ0n) is 22.2. The van der Waals surface area contributed by atoms with Gasteiger partial charge in [-0.1, -0.05) is 36.4 Å². The Balaban J connectivity index is 1.49. The summed E-state index contributed by atoms with van der Waals surface area (Å²) in [5.41, 5.74) is 1.25. The molecule has 2 N–H and O–H groups in total. The molecule has 1 aromatic heterocycles. The van der Waals surface area contributed by atoms with E-state index >= 15 is 4.39 Å².